The Labute approximate surface area is 180 Å². The number of aromatic nitrogens is 3. The van der Waals surface area contributed by atoms with E-state index in [2.05, 4.69) is 38.1 Å². The lowest BCUT2D eigenvalue weighted by atomic mass is 9.93. The summed E-state index contributed by atoms with van der Waals surface area (Å²) in [6.45, 7) is 3.08. The number of ether oxygens (including phenoxy) is 1. The summed E-state index contributed by atoms with van der Waals surface area (Å²) < 4.78 is 19.5. The molecule has 1 aromatic carbocycles. The number of nitrogens with one attached hydrogen (secondary N) is 1. The van der Waals surface area contributed by atoms with E-state index in [1.165, 1.54) is 23.4 Å². The number of likely N-dealkylation sites (tertiary alicyclic amines) is 1. The molecule has 1 aliphatic heterocycles. The lowest BCUT2D eigenvalue weighted by Gasteiger charge is -2.31. The normalized spacial score (nSPS) is 15.4. The van der Waals surface area contributed by atoms with Gasteiger partial charge in [-0.3, -0.25) is 9.88 Å². The molecule has 31 heavy (non-hydrogen) atoms. The first-order valence-electron chi connectivity index (χ1n) is 10.6. The van der Waals surface area contributed by atoms with Gasteiger partial charge in [-0.15, -0.1) is 0 Å². The summed E-state index contributed by atoms with van der Waals surface area (Å²) in [6, 6.07) is 12.9. The van der Waals surface area contributed by atoms with E-state index < -0.39 is 0 Å². The molecule has 0 atom stereocenters. The monoisotopic (exact) mass is 416 g/mol. The van der Waals surface area contributed by atoms with E-state index in [1.807, 2.05) is 18.5 Å². The second-order valence-electron chi connectivity index (χ2n) is 8.10. The SMILES string of the molecule is COc1ccc(F)cc1-c1ccnc2[nH]c(C3CCN(Cc4ccncc4)CC3)cc12. The van der Waals surface area contributed by atoms with Crippen molar-refractivity contribution in [1.29, 1.82) is 0 Å². The molecule has 4 aromatic rings. The van der Waals surface area contributed by atoms with Gasteiger partial charge in [0.15, 0.2) is 0 Å². The second kappa shape index (κ2) is 8.47. The highest BCUT2D eigenvalue weighted by molar-refractivity contribution is 5.95. The number of hydrogen-bond donors (Lipinski definition) is 1. The van der Waals surface area contributed by atoms with Gasteiger partial charge in [-0.2, -0.15) is 0 Å². The predicted octanol–water partition coefficient (Wildman–Crippen LogP) is 5.15. The summed E-state index contributed by atoms with van der Waals surface area (Å²) in [4.78, 5) is 14.6. The van der Waals surface area contributed by atoms with Gasteiger partial charge in [-0.1, -0.05) is 0 Å². The van der Waals surface area contributed by atoms with Crippen LogP contribution in [0.15, 0.2) is 61.1 Å². The lowest BCUT2D eigenvalue weighted by molar-refractivity contribution is 0.203. The quantitative estimate of drug-likeness (QED) is 0.489. The van der Waals surface area contributed by atoms with E-state index in [4.69, 9.17) is 4.74 Å². The molecule has 0 unspecified atom stereocenters. The summed E-state index contributed by atoms with van der Waals surface area (Å²) in [5.41, 5.74) is 5.01. The molecule has 1 aliphatic rings. The van der Waals surface area contributed by atoms with Crippen LogP contribution < -0.4 is 4.74 Å². The molecule has 0 radical (unpaired) electrons. The Morgan fingerprint density at radius 1 is 1.03 bits per heavy atom. The first-order chi connectivity index (χ1) is 15.2. The Morgan fingerprint density at radius 2 is 1.84 bits per heavy atom. The van der Waals surface area contributed by atoms with Crippen molar-refractivity contribution in [3.05, 3.63) is 78.1 Å². The minimum Gasteiger partial charge on any atom is -0.496 e. The number of rotatable bonds is 5. The zero-order valence-electron chi connectivity index (χ0n) is 17.5. The minimum atomic E-state index is -0.280. The van der Waals surface area contributed by atoms with Gasteiger partial charge in [-0.25, -0.2) is 9.37 Å². The number of H-pyrrole nitrogens is 1. The van der Waals surface area contributed by atoms with Gasteiger partial charge in [0.25, 0.3) is 0 Å². The molecule has 158 valence electrons. The van der Waals surface area contributed by atoms with Gasteiger partial charge in [0.1, 0.15) is 17.2 Å². The van der Waals surface area contributed by atoms with Crippen LogP contribution in [-0.2, 0) is 6.54 Å². The summed E-state index contributed by atoms with van der Waals surface area (Å²) in [5.74, 6) is 0.837. The van der Waals surface area contributed by atoms with Gasteiger partial charge in [0.2, 0.25) is 0 Å². The third-order valence-electron chi connectivity index (χ3n) is 6.19. The molecular formula is C25H25FN4O. The zero-order chi connectivity index (χ0) is 21.2. The molecule has 0 bridgehead atoms. The van der Waals surface area contributed by atoms with Gasteiger partial charge >= 0.3 is 0 Å². The summed E-state index contributed by atoms with van der Waals surface area (Å²) in [6.07, 6.45) is 7.65. The Hall–Kier alpha value is -3.25. The van der Waals surface area contributed by atoms with E-state index in [9.17, 15) is 4.39 Å². The van der Waals surface area contributed by atoms with Crippen LogP contribution in [-0.4, -0.2) is 40.1 Å². The van der Waals surface area contributed by atoms with Crippen LogP contribution in [0.3, 0.4) is 0 Å². The highest BCUT2D eigenvalue weighted by Gasteiger charge is 2.23. The zero-order valence-corrected chi connectivity index (χ0v) is 17.5. The molecule has 1 N–H and O–H groups in total. The van der Waals surface area contributed by atoms with E-state index in [0.717, 1.165) is 54.6 Å². The third kappa shape index (κ3) is 4.03. The molecule has 0 aliphatic carbocycles. The smallest absolute Gasteiger partial charge is 0.138 e. The largest absolute Gasteiger partial charge is 0.496 e. The summed E-state index contributed by atoms with van der Waals surface area (Å²) >= 11 is 0. The molecule has 0 saturated carbocycles. The molecule has 0 spiro atoms. The minimum absolute atomic E-state index is 0.280. The number of nitrogens with zero attached hydrogens (tertiary/aromatic N) is 3. The summed E-state index contributed by atoms with van der Waals surface area (Å²) in [7, 11) is 1.61. The number of piperidine rings is 1. The maximum absolute atomic E-state index is 14.0. The molecule has 6 heteroatoms. The number of hydrogen-bond acceptors (Lipinski definition) is 4. The molecule has 5 rings (SSSR count). The fraction of sp³-hybridized carbons (Fsp3) is 0.280. The molecule has 1 fully saturated rings. The Bertz CT molecular complexity index is 1180. The van der Waals surface area contributed by atoms with Crippen LogP contribution >= 0.6 is 0 Å². The van der Waals surface area contributed by atoms with Gasteiger partial charge in [-0.05, 0) is 79.5 Å². The van der Waals surface area contributed by atoms with Crippen LogP contribution in [0.1, 0.15) is 30.0 Å². The Kier molecular flexibility index (Phi) is 5.38. The lowest BCUT2D eigenvalue weighted by Crippen LogP contribution is -2.32. The third-order valence-corrected chi connectivity index (χ3v) is 6.19. The van der Waals surface area contributed by atoms with Crippen molar-refractivity contribution in [2.45, 2.75) is 25.3 Å². The van der Waals surface area contributed by atoms with E-state index in [-0.39, 0.29) is 5.82 Å². The molecule has 1 saturated heterocycles. The van der Waals surface area contributed by atoms with Crippen molar-refractivity contribution in [2.24, 2.45) is 0 Å². The van der Waals surface area contributed by atoms with Crippen molar-refractivity contribution < 1.29 is 9.13 Å². The first kappa shape index (κ1) is 19.7. The van der Waals surface area contributed by atoms with Gasteiger partial charge < -0.3 is 9.72 Å². The molecular weight excluding hydrogens is 391 g/mol. The van der Waals surface area contributed by atoms with Gasteiger partial charge in [0, 0.05) is 47.7 Å². The maximum atomic E-state index is 14.0. The van der Waals surface area contributed by atoms with Crippen molar-refractivity contribution in [3.63, 3.8) is 0 Å². The topological polar surface area (TPSA) is 54.0 Å². The van der Waals surface area contributed by atoms with Crippen molar-refractivity contribution in [2.75, 3.05) is 20.2 Å². The number of benzene rings is 1. The van der Waals surface area contributed by atoms with Gasteiger partial charge in [0.05, 0.1) is 7.11 Å². The second-order valence-corrected chi connectivity index (χ2v) is 8.10. The van der Waals surface area contributed by atoms with E-state index >= 15 is 0 Å². The Balaban J connectivity index is 1.38. The molecule has 0 amide bonds. The number of pyridine rings is 2. The van der Waals surface area contributed by atoms with Crippen molar-refractivity contribution in [1.82, 2.24) is 19.9 Å². The fourth-order valence-electron chi connectivity index (χ4n) is 4.54. The highest BCUT2D eigenvalue weighted by Crippen LogP contribution is 2.37. The Morgan fingerprint density at radius 3 is 2.61 bits per heavy atom. The van der Waals surface area contributed by atoms with E-state index in [0.29, 0.717) is 11.7 Å². The molecule has 5 nitrogen and oxygen atoms in total. The maximum Gasteiger partial charge on any atom is 0.138 e. The predicted molar refractivity (Wildman–Crippen MR) is 120 cm³/mol. The average Bonchev–Trinajstić information content (AvgIpc) is 3.25. The van der Waals surface area contributed by atoms with E-state index in [1.54, 1.807) is 19.4 Å². The summed E-state index contributed by atoms with van der Waals surface area (Å²) in [5, 5.41) is 1.00. The van der Waals surface area contributed by atoms with Crippen molar-refractivity contribution in [3.8, 4) is 16.9 Å². The fourth-order valence-corrected chi connectivity index (χ4v) is 4.54. The van der Waals surface area contributed by atoms with Crippen LogP contribution in [0.2, 0.25) is 0 Å². The molecule has 3 aromatic heterocycles. The molecule has 4 heterocycles. The van der Waals surface area contributed by atoms with Crippen LogP contribution in [0, 0.1) is 5.82 Å². The van der Waals surface area contributed by atoms with Crippen LogP contribution in [0.25, 0.3) is 22.2 Å². The van der Waals surface area contributed by atoms with Crippen LogP contribution in [0.4, 0.5) is 4.39 Å². The number of aromatic amines is 1. The van der Waals surface area contributed by atoms with Crippen molar-refractivity contribution >= 4 is 11.0 Å². The average molecular weight is 417 g/mol. The van der Waals surface area contributed by atoms with Crippen LogP contribution in [0.5, 0.6) is 5.75 Å². The number of methoxy groups -OCH3 is 1. The highest BCUT2D eigenvalue weighted by atomic mass is 19.1. The number of fused-ring (bicyclic) bond motifs is 1. The first-order valence-corrected chi connectivity index (χ1v) is 10.6. The standard InChI is InChI=1S/C25H25FN4O/c1-31-24-3-2-19(26)14-21(24)20-6-11-28-25-22(20)15-23(29-25)18-7-12-30(13-8-18)16-17-4-9-27-10-5-17/h2-6,9-11,14-15,18H,7-8,12-13,16H2,1H3,(H,28,29). The number of halogens is 1.